The molecule has 0 radical (unpaired) electrons. The van der Waals surface area contributed by atoms with E-state index >= 15 is 0 Å². The monoisotopic (exact) mass is 361 g/mol. The fourth-order valence-electron chi connectivity index (χ4n) is 3.53. The van der Waals surface area contributed by atoms with Crippen LogP contribution in [0, 0.1) is 23.2 Å². The zero-order valence-corrected chi connectivity index (χ0v) is 15.4. The van der Waals surface area contributed by atoms with Crippen LogP contribution in [0.3, 0.4) is 0 Å². The van der Waals surface area contributed by atoms with Crippen molar-refractivity contribution in [2.75, 3.05) is 17.3 Å². The number of carbonyl (C=O) groups excluding carboxylic acids is 2. The van der Waals surface area contributed by atoms with Crippen LogP contribution in [-0.2, 0) is 9.59 Å². The molecule has 0 saturated heterocycles. The number of hydrogen-bond acceptors (Lipinski definition) is 3. The third-order valence-corrected chi connectivity index (χ3v) is 5.20. The summed E-state index contributed by atoms with van der Waals surface area (Å²) in [7, 11) is 1.81. The van der Waals surface area contributed by atoms with Gasteiger partial charge in [0.15, 0.2) is 0 Å². The minimum atomic E-state index is -0.0771. The molecule has 2 amide bonds. The second kappa shape index (κ2) is 8.50. The van der Waals surface area contributed by atoms with Crippen molar-refractivity contribution in [1.82, 2.24) is 0 Å². The highest BCUT2D eigenvalue weighted by atomic mass is 16.2. The number of benzene rings is 2. The Morgan fingerprint density at radius 3 is 2.15 bits per heavy atom. The van der Waals surface area contributed by atoms with E-state index in [2.05, 4.69) is 11.4 Å². The molecule has 0 aromatic heterocycles. The summed E-state index contributed by atoms with van der Waals surface area (Å²) in [6.07, 6.45) is 2.87. The van der Waals surface area contributed by atoms with Gasteiger partial charge in [0.2, 0.25) is 11.8 Å². The Hall–Kier alpha value is -3.13. The molecule has 0 unspecified atom stereocenters. The molecule has 0 spiro atoms. The van der Waals surface area contributed by atoms with E-state index < -0.39 is 0 Å². The fraction of sp³-hybridized carbons (Fsp3) is 0.318. The van der Waals surface area contributed by atoms with Gasteiger partial charge in [0, 0.05) is 30.3 Å². The Balaban J connectivity index is 1.52. The SMILES string of the molecule is CN(C(=O)C1CCC(C(=O)Nc2ccc(C#N)cc2)CC1)c1ccccc1. The van der Waals surface area contributed by atoms with Crippen LogP contribution in [-0.4, -0.2) is 18.9 Å². The van der Waals surface area contributed by atoms with Crippen molar-refractivity contribution in [3.63, 3.8) is 0 Å². The third-order valence-electron chi connectivity index (χ3n) is 5.20. The molecular formula is C22H23N3O2. The van der Waals surface area contributed by atoms with Crippen molar-refractivity contribution in [2.45, 2.75) is 25.7 Å². The summed E-state index contributed by atoms with van der Waals surface area (Å²) < 4.78 is 0. The van der Waals surface area contributed by atoms with Crippen LogP contribution < -0.4 is 10.2 Å². The summed E-state index contributed by atoms with van der Waals surface area (Å²) in [5.74, 6) is -0.00457. The summed E-state index contributed by atoms with van der Waals surface area (Å²) in [6.45, 7) is 0. The molecule has 27 heavy (non-hydrogen) atoms. The number of carbonyl (C=O) groups is 2. The van der Waals surface area contributed by atoms with Crippen molar-refractivity contribution >= 4 is 23.2 Å². The molecule has 1 fully saturated rings. The van der Waals surface area contributed by atoms with Gasteiger partial charge in [-0.2, -0.15) is 5.26 Å². The lowest BCUT2D eigenvalue weighted by atomic mass is 9.81. The van der Waals surface area contributed by atoms with Crippen molar-refractivity contribution in [3.8, 4) is 6.07 Å². The second-order valence-electron chi connectivity index (χ2n) is 6.96. The molecule has 1 saturated carbocycles. The van der Waals surface area contributed by atoms with Gasteiger partial charge in [0.05, 0.1) is 11.6 Å². The average molecular weight is 361 g/mol. The van der Waals surface area contributed by atoms with E-state index in [0.717, 1.165) is 18.5 Å². The number of anilines is 2. The Morgan fingerprint density at radius 2 is 1.56 bits per heavy atom. The Bertz CT molecular complexity index is 832. The van der Waals surface area contributed by atoms with E-state index in [0.29, 0.717) is 24.1 Å². The smallest absolute Gasteiger partial charge is 0.229 e. The molecule has 3 rings (SSSR count). The third kappa shape index (κ3) is 4.53. The first-order valence-corrected chi connectivity index (χ1v) is 9.22. The quantitative estimate of drug-likeness (QED) is 0.895. The minimum Gasteiger partial charge on any atom is -0.326 e. The first kappa shape index (κ1) is 18.7. The lowest BCUT2D eigenvalue weighted by Crippen LogP contribution is -2.36. The highest BCUT2D eigenvalue weighted by Gasteiger charge is 2.31. The molecule has 0 bridgehead atoms. The summed E-state index contributed by atoms with van der Waals surface area (Å²) in [6, 6.07) is 18.5. The molecule has 138 valence electrons. The van der Waals surface area contributed by atoms with E-state index in [9.17, 15) is 9.59 Å². The molecule has 2 aromatic carbocycles. The molecule has 2 aromatic rings. The number of nitrogens with zero attached hydrogens (tertiary/aromatic N) is 2. The average Bonchev–Trinajstić information content (AvgIpc) is 2.74. The largest absolute Gasteiger partial charge is 0.326 e. The lowest BCUT2D eigenvalue weighted by Gasteiger charge is -2.30. The van der Waals surface area contributed by atoms with Crippen molar-refractivity contribution in [2.24, 2.45) is 11.8 Å². The second-order valence-corrected chi connectivity index (χ2v) is 6.96. The first-order chi connectivity index (χ1) is 13.1. The predicted molar refractivity (Wildman–Crippen MR) is 105 cm³/mol. The normalized spacial score (nSPS) is 19.0. The van der Waals surface area contributed by atoms with Crippen LogP contribution in [0.15, 0.2) is 54.6 Å². The maximum atomic E-state index is 12.7. The Kier molecular flexibility index (Phi) is 5.87. The number of rotatable bonds is 4. The molecule has 0 heterocycles. The molecule has 1 N–H and O–H groups in total. The summed E-state index contributed by atoms with van der Waals surface area (Å²) in [4.78, 5) is 26.9. The Labute approximate surface area is 159 Å². The predicted octanol–water partition coefficient (Wildman–Crippen LogP) is 3.97. The van der Waals surface area contributed by atoms with E-state index in [4.69, 9.17) is 5.26 Å². The van der Waals surface area contributed by atoms with E-state index in [1.165, 1.54) is 0 Å². The number of hydrogen-bond donors (Lipinski definition) is 1. The zero-order valence-electron chi connectivity index (χ0n) is 15.4. The topological polar surface area (TPSA) is 73.2 Å². The van der Waals surface area contributed by atoms with E-state index in [1.807, 2.05) is 30.3 Å². The van der Waals surface area contributed by atoms with Gasteiger partial charge in [0.25, 0.3) is 0 Å². The molecule has 1 aliphatic carbocycles. The maximum Gasteiger partial charge on any atom is 0.229 e. The van der Waals surface area contributed by atoms with Gasteiger partial charge in [-0.15, -0.1) is 0 Å². The Morgan fingerprint density at radius 1 is 0.963 bits per heavy atom. The standard InChI is InChI=1S/C22H23N3O2/c1-25(20-5-3-2-4-6-20)22(27)18-11-9-17(10-12-18)21(26)24-19-13-7-16(15-23)8-14-19/h2-8,13-14,17-18H,9-12H2,1H3,(H,24,26). The fourth-order valence-corrected chi connectivity index (χ4v) is 3.53. The molecule has 5 nitrogen and oxygen atoms in total. The van der Waals surface area contributed by atoms with Gasteiger partial charge >= 0.3 is 0 Å². The molecule has 0 aliphatic heterocycles. The lowest BCUT2D eigenvalue weighted by molar-refractivity contribution is -0.126. The summed E-state index contributed by atoms with van der Waals surface area (Å²) in [5.41, 5.74) is 2.15. The minimum absolute atomic E-state index is 0.0120. The molecule has 5 heteroatoms. The van der Waals surface area contributed by atoms with Crippen LogP contribution in [0.4, 0.5) is 11.4 Å². The number of nitriles is 1. The van der Waals surface area contributed by atoms with Gasteiger partial charge in [-0.3, -0.25) is 9.59 Å². The van der Waals surface area contributed by atoms with Gasteiger partial charge in [0.1, 0.15) is 0 Å². The van der Waals surface area contributed by atoms with Crippen molar-refractivity contribution in [1.29, 1.82) is 5.26 Å². The number of amides is 2. The van der Waals surface area contributed by atoms with Gasteiger partial charge < -0.3 is 10.2 Å². The number of nitrogens with one attached hydrogen (secondary N) is 1. The first-order valence-electron chi connectivity index (χ1n) is 9.22. The molecular weight excluding hydrogens is 338 g/mol. The van der Waals surface area contributed by atoms with Gasteiger partial charge in [-0.05, 0) is 62.1 Å². The summed E-state index contributed by atoms with van der Waals surface area (Å²) >= 11 is 0. The van der Waals surface area contributed by atoms with Crippen molar-refractivity contribution < 1.29 is 9.59 Å². The van der Waals surface area contributed by atoms with E-state index in [1.54, 1.807) is 36.2 Å². The zero-order chi connectivity index (χ0) is 19.2. The number of para-hydroxylation sites is 1. The van der Waals surface area contributed by atoms with E-state index in [-0.39, 0.29) is 23.7 Å². The van der Waals surface area contributed by atoms with Crippen LogP contribution in [0.1, 0.15) is 31.2 Å². The van der Waals surface area contributed by atoms with Crippen LogP contribution in [0.2, 0.25) is 0 Å². The van der Waals surface area contributed by atoms with Gasteiger partial charge in [-0.25, -0.2) is 0 Å². The van der Waals surface area contributed by atoms with Crippen LogP contribution in [0.25, 0.3) is 0 Å². The summed E-state index contributed by atoms with van der Waals surface area (Å²) in [5, 5.41) is 11.7. The van der Waals surface area contributed by atoms with Crippen LogP contribution >= 0.6 is 0 Å². The molecule has 0 atom stereocenters. The van der Waals surface area contributed by atoms with Gasteiger partial charge in [-0.1, -0.05) is 18.2 Å². The highest BCUT2D eigenvalue weighted by Crippen LogP contribution is 2.31. The van der Waals surface area contributed by atoms with Crippen LogP contribution in [0.5, 0.6) is 0 Å². The van der Waals surface area contributed by atoms with Crippen molar-refractivity contribution in [3.05, 3.63) is 60.2 Å². The maximum absolute atomic E-state index is 12.7. The highest BCUT2D eigenvalue weighted by molar-refractivity contribution is 5.95. The molecule has 1 aliphatic rings.